The summed E-state index contributed by atoms with van der Waals surface area (Å²) >= 11 is 3.39. The Morgan fingerprint density at radius 1 is 1.30 bits per heavy atom. The van der Waals surface area contributed by atoms with Gasteiger partial charge in [-0.1, -0.05) is 21.1 Å². The van der Waals surface area contributed by atoms with Crippen LogP contribution in [0.1, 0.15) is 18.2 Å². The summed E-state index contributed by atoms with van der Waals surface area (Å²) in [5, 5.41) is 7.33. The van der Waals surface area contributed by atoms with E-state index in [2.05, 4.69) is 43.1 Å². The first-order chi connectivity index (χ1) is 13.2. The zero-order valence-corrected chi connectivity index (χ0v) is 17.1. The molecule has 6 nitrogen and oxygen atoms in total. The van der Waals surface area contributed by atoms with Crippen LogP contribution < -0.4 is 5.32 Å². The maximum absolute atomic E-state index is 13.9. The van der Waals surface area contributed by atoms with E-state index in [1.165, 1.54) is 6.07 Å². The average molecular weight is 438 g/mol. The summed E-state index contributed by atoms with van der Waals surface area (Å²) in [4.78, 5) is 9.33. The molecule has 8 heteroatoms. The van der Waals surface area contributed by atoms with Crippen molar-refractivity contribution in [2.45, 2.75) is 19.9 Å². The van der Waals surface area contributed by atoms with Gasteiger partial charge in [0.2, 0.25) is 0 Å². The lowest BCUT2D eigenvalue weighted by molar-refractivity contribution is 0.169. The summed E-state index contributed by atoms with van der Waals surface area (Å²) in [6.45, 7) is 7.90. The van der Waals surface area contributed by atoms with Crippen molar-refractivity contribution in [3.8, 4) is 0 Å². The Kier molecular flexibility index (Phi) is 7.23. The lowest BCUT2D eigenvalue weighted by atomic mass is 10.1. The Balaban J connectivity index is 1.53. The largest absolute Gasteiger partial charge is 0.364 e. The standard InChI is InChI=1S/C19H25BrFN5O/c1-2-22-19(23-7-5-15-13-16(20)3-4-18(15)21)26-10-8-25(9-11-26)14-17-6-12-27-24-17/h3-4,6,12-13H,2,5,7-11,14H2,1H3,(H,22,23). The molecule has 0 spiro atoms. The number of nitrogens with one attached hydrogen (secondary N) is 1. The number of benzene rings is 1. The summed E-state index contributed by atoms with van der Waals surface area (Å²) in [6.07, 6.45) is 2.18. The van der Waals surface area contributed by atoms with Gasteiger partial charge in [0.25, 0.3) is 0 Å². The number of piperazine rings is 1. The minimum absolute atomic E-state index is 0.181. The van der Waals surface area contributed by atoms with Crippen LogP contribution in [0.5, 0.6) is 0 Å². The lowest BCUT2D eigenvalue weighted by Gasteiger charge is -2.36. The highest BCUT2D eigenvalue weighted by atomic mass is 79.9. The highest BCUT2D eigenvalue weighted by Crippen LogP contribution is 2.16. The zero-order valence-electron chi connectivity index (χ0n) is 15.5. The van der Waals surface area contributed by atoms with E-state index in [-0.39, 0.29) is 5.82 Å². The second kappa shape index (κ2) is 9.85. The molecule has 0 amide bonds. The van der Waals surface area contributed by atoms with Gasteiger partial charge in [0.15, 0.2) is 5.96 Å². The molecule has 0 atom stereocenters. The molecule has 1 aliphatic rings. The fourth-order valence-electron chi connectivity index (χ4n) is 3.11. The molecule has 1 aromatic heterocycles. The number of aromatic nitrogens is 1. The van der Waals surface area contributed by atoms with Crippen molar-refractivity contribution >= 4 is 21.9 Å². The third kappa shape index (κ3) is 5.77. The van der Waals surface area contributed by atoms with Gasteiger partial charge < -0.3 is 14.7 Å². The molecule has 2 aromatic rings. The number of hydrogen-bond donors (Lipinski definition) is 1. The number of rotatable bonds is 6. The summed E-state index contributed by atoms with van der Waals surface area (Å²) in [5.41, 5.74) is 1.64. The van der Waals surface area contributed by atoms with E-state index in [1.54, 1.807) is 12.3 Å². The van der Waals surface area contributed by atoms with Crippen molar-refractivity contribution < 1.29 is 8.91 Å². The molecular weight excluding hydrogens is 413 g/mol. The van der Waals surface area contributed by atoms with Gasteiger partial charge in [-0.05, 0) is 37.1 Å². The predicted octanol–water partition coefficient (Wildman–Crippen LogP) is 2.90. The molecule has 1 aliphatic heterocycles. The Bertz CT molecular complexity index is 745. The Morgan fingerprint density at radius 3 is 2.81 bits per heavy atom. The van der Waals surface area contributed by atoms with Crippen molar-refractivity contribution in [2.75, 3.05) is 39.3 Å². The Morgan fingerprint density at radius 2 is 2.11 bits per heavy atom. The Labute approximate surface area is 167 Å². The highest BCUT2D eigenvalue weighted by Gasteiger charge is 2.20. The van der Waals surface area contributed by atoms with Gasteiger partial charge in [-0.3, -0.25) is 9.89 Å². The van der Waals surface area contributed by atoms with Crippen LogP contribution in [0.4, 0.5) is 4.39 Å². The van der Waals surface area contributed by atoms with Crippen molar-refractivity contribution in [2.24, 2.45) is 4.99 Å². The molecule has 0 unspecified atom stereocenters. The fraction of sp³-hybridized carbons (Fsp3) is 0.474. The van der Waals surface area contributed by atoms with E-state index >= 15 is 0 Å². The number of guanidine groups is 1. The van der Waals surface area contributed by atoms with E-state index in [9.17, 15) is 4.39 Å². The van der Waals surface area contributed by atoms with Crippen LogP contribution in [-0.4, -0.2) is 60.2 Å². The van der Waals surface area contributed by atoms with Crippen molar-refractivity contribution in [3.63, 3.8) is 0 Å². The molecule has 0 saturated carbocycles. The van der Waals surface area contributed by atoms with E-state index in [0.29, 0.717) is 18.5 Å². The molecule has 0 aliphatic carbocycles. The number of nitrogens with zero attached hydrogens (tertiary/aromatic N) is 4. The molecule has 146 valence electrons. The van der Waals surface area contributed by atoms with Crippen molar-refractivity contribution in [3.05, 3.63) is 52.1 Å². The van der Waals surface area contributed by atoms with Gasteiger partial charge in [-0.2, -0.15) is 0 Å². The predicted molar refractivity (Wildman–Crippen MR) is 107 cm³/mol. The third-order valence-corrected chi connectivity index (χ3v) is 5.03. The first-order valence-electron chi connectivity index (χ1n) is 9.24. The van der Waals surface area contributed by atoms with Gasteiger partial charge in [-0.15, -0.1) is 0 Å². The normalized spacial score (nSPS) is 16.0. The molecule has 1 fully saturated rings. The number of halogens is 2. The Hall–Kier alpha value is -1.93. The fourth-order valence-corrected chi connectivity index (χ4v) is 3.52. The van der Waals surface area contributed by atoms with Gasteiger partial charge in [0, 0.05) is 56.4 Å². The molecule has 27 heavy (non-hydrogen) atoms. The summed E-state index contributed by atoms with van der Waals surface area (Å²) < 4.78 is 19.7. The molecular formula is C19H25BrFN5O. The molecule has 0 radical (unpaired) electrons. The molecule has 2 heterocycles. The first-order valence-corrected chi connectivity index (χ1v) is 10.0. The molecule has 3 rings (SSSR count). The second-order valence-corrected chi connectivity index (χ2v) is 7.39. The van der Waals surface area contributed by atoms with Gasteiger partial charge in [-0.25, -0.2) is 4.39 Å². The first kappa shape index (κ1) is 19.8. The maximum atomic E-state index is 13.9. The van der Waals surface area contributed by atoms with Crippen LogP contribution in [0.25, 0.3) is 0 Å². The summed E-state index contributed by atoms with van der Waals surface area (Å²) in [7, 11) is 0. The summed E-state index contributed by atoms with van der Waals surface area (Å²) in [6, 6.07) is 6.92. The van der Waals surface area contributed by atoms with E-state index in [0.717, 1.165) is 55.4 Å². The van der Waals surface area contributed by atoms with Crippen LogP contribution in [0.3, 0.4) is 0 Å². The van der Waals surface area contributed by atoms with Crippen LogP contribution >= 0.6 is 15.9 Å². The van der Waals surface area contributed by atoms with Gasteiger partial charge >= 0.3 is 0 Å². The van der Waals surface area contributed by atoms with Crippen molar-refractivity contribution in [1.29, 1.82) is 0 Å². The van der Waals surface area contributed by atoms with Gasteiger partial charge in [0.05, 0.1) is 5.69 Å². The van der Waals surface area contributed by atoms with Gasteiger partial charge in [0.1, 0.15) is 12.1 Å². The molecule has 1 N–H and O–H groups in total. The van der Waals surface area contributed by atoms with Crippen LogP contribution in [0.15, 0.2) is 44.5 Å². The maximum Gasteiger partial charge on any atom is 0.194 e. The van der Waals surface area contributed by atoms with Crippen LogP contribution in [0, 0.1) is 5.82 Å². The molecule has 1 saturated heterocycles. The van der Waals surface area contributed by atoms with Crippen LogP contribution in [0.2, 0.25) is 0 Å². The zero-order chi connectivity index (χ0) is 19.1. The SMILES string of the molecule is CCNC(=NCCc1cc(Br)ccc1F)N1CCN(Cc2ccon2)CC1. The number of hydrogen-bond acceptors (Lipinski definition) is 4. The average Bonchev–Trinajstić information content (AvgIpc) is 3.17. The topological polar surface area (TPSA) is 56.9 Å². The van der Waals surface area contributed by atoms with E-state index < -0.39 is 0 Å². The number of aliphatic imine (C=N–C) groups is 1. The van der Waals surface area contributed by atoms with E-state index in [4.69, 9.17) is 9.52 Å². The quantitative estimate of drug-likeness (QED) is 0.556. The third-order valence-electron chi connectivity index (χ3n) is 4.53. The summed E-state index contributed by atoms with van der Waals surface area (Å²) in [5.74, 6) is 0.717. The van der Waals surface area contributed by atoms with Crippen molar-refractivity contribution in [1.82, 2.24) is 20.3 Å². The van der Waals surface area contributed by atoms with E-state index in [1.807, 2.05) is 12.1 Å². The smallest absolute Gasteiger partial charge is 0.194 e. The van der Waals surface area contributed by atoms with Crippen LogP contribution in [-0.2, 0) is 13.0 Å². The lowest BCUT2D eigenvalue weighted by Crippen LogP contribution is -2.52. The minimum Gasteiger partial charge on any atom is -0.364 e. The molecule has 1 aromatic carbocycles. The molecule has 0 bridgehead atoms. The monoisotopic (exact) mass is 437 g/mol. The second-order valence-electron chi connectivity index (χ2n) is 6.48. The highest BCUT2D eigenvalue weighted by molar-refractivity contribution is 9.10. The minimum atomic E-state index is -0.181.